The minimum absolute atomic E-state index is 0. The van der Waals surface area contributed by atoms with E-state index in [4.69, 9.17) is 0 Å². The van der Waals surface area contributed by atoms with Gasteiger partial charge in [-0.3, -0.25) is 0 Å². The van der Waals surface area contributed by atoms with E-state index in [1.807, 2.05) is 36.4 Å². The number of hydrogen-bond donors (Lipinski definition) is 0. The molecule has 0 aliphatic heterocycles. The third kappa shape index (κ3) is 3.53. The number of halogens is 1. The van der Waals surface area contributed by atoms with Crippen LogP contribution in [-0.4, -0.2) is 0 Å². The van der Waals surface area contributed by atoms with Crippen LogP contribution in [0.5, 0.6) is 17.2 Å². The van der Waals surface area contributed by atoms with Crippen LogP contribution in [0.2, 0.25) is 0 Å². The maximum Gasteiger partial charge on any atom is 0.267 e. The summed E-state index contributed by atoms with van der Waals surface area (Å²) in [5.41, 5.74) is 1.26. The normalized spacial score (nSPS) is 9.76. The SMILES string of the molecule is Cc1ccc([O+](c2ccccc2)c2ccccc2)cc1.[Br-]. The Hall–Kier alpha value is -2.06. The molecule has 0 amide bonds. The molecule has 2 heteroatoms. The summed E-state index contributed by atoms with van der Waals surface area (Å²) >= 11 is 0. The van der Waals surface area contributed by atoms with Crippen molar-refractivity contribution < 1.29 is 21.3 Å². The second-order valence-corrected chi connectivity index (χ2v) is 4.75. The monoisotopic (exact) mass is 340 g/mol. The molecule has 0 unspecified atom stereocenters. The van der Waals surface area contributed by atoms with Gasteiger partial charge in [-0.05, 0) is 6.92 Å². The molecule has 1 nitrogen and oxygen atoms in total. The van der Waals surface area contributed by atoms with Gasteiger partial charge < -0.3 is 21.3 Å². The largest absolute Gasteiger partial charge is 1.00 e. The van der Waals surface area contributed by atoms with Gasteiger partial charge in [-0.2, -0.15) is 0 Å². The molecule has 0 aliphatic rings. The maximum atomic E-state index is 3.24. The molecule has 3 aromatic rings. The van der Waals surface area contributed by atoms with Crippen LogP contribution >= 0.6 is 0 Å². The fraction of sp³-hybridized carbons (Fsp3) is 0.0526. The third-order valence-electron chi connectivity index (χ3n) is 3.21. The van der Waals surface area contributed by atoms with Crippen LogP contribution in [0.25, 0.3) is 0 Å². The number of benzene rings is 3. The van der Waals surface area contributed by atoms with Gasteiger partial charge >= 0.3 is 0 Å². The minimum Gasteiger partial charge on any atom is -1.00 e. The Morgan fingerprint density at radius 3 is 1.33 bits per heavy atom. The van der Waals surface area contributed by atoms with E-state index in [0.29, 0.717) is 0 Å². The molecule has 0 fully saturated rings. The van der Waals surface area contributed by atoms with E-state index in [9.17, 15) is 0 Å². The average molecular weight is 341 g/mol. The van der Waals surface area contributed by atoms with E-state index in [2.05, 4.69) is 59.8 Å². The number of para-hydroxylation sites is 2. The van der Waals surface area contributed by atoms with Gasteiger partial charge in [0.25, 0.3) is 17.2 Å². The second-order valence-electron chi connectivity index (χ2n) is 4.75. The van der Waals surface area contributed by atoms with E-state index >= 15 is 0 Å². The number of rotatable bonds is 3. The van der Waals surface area contributed by atoms with E-state index < -0.39 is 0 Å². The van der Waals surface area contributed by atoms with E-state index in [0.717, 1.165) is 17.2 Å². The summed E-state index contributed by atoms with van der Waals surface area (Å²) in [5, 5.41) is 0. The summed E-state index contributed by atoms with van der Waals surface area (Å²) in [6.07, 6.45) is 0. The van der Waals surface area contributed by atoms with Crippen LogP contribution < -0.4 is 21.3 Å². The summed E-state index contributed by atoms with van der Waals surface area (Å²) in [7, 11) is 0. The molecule has 0 aliphatic carbocycles. The Morgan fingerprint density at radius 1 is 0.524 bits per heavy atom. The molecule has 0 spiro atoms. The molecule has 106 valence electrons. The van der Waals surface area contributed by atoms with Gasteiger partial charge in [0.1, 0.15) is 0 Å². The van der Waals surface area contributed by atoms with Crippen LogP contribution in [0.4, 0.5) is 0 Å². The first-order valence-corrected chi connectivity index (χ1v) is 6.76. The molecule has 0 saturated carbocycles. The summed E-state index contributed by atoms with van der Waals surface area (Å²) in [6.45, 7) is 2.10. The summed E-state index contributed by atoms with van der Waals surface area (Å²) in [6, 6.07) is 29.1. The van der Waals surface area contributed by atoms with Crippen LogP contribution in [0, 0.1) is 6.92 Å². The van der Waals surface area contributed by atoms with Crippen molar-refractivity contribution in [3.8, 4) is 17.2 Å². The van der Waals surface area contributed by atoms with E-state index in [1.54, 1.807) is 0 Å². The highest BCUT2D eigenvalue weighted by Crippen LogP contribution is 2.38. The molecule has 0 N–H and O–H groups in total. The fourth-order valence-corrected chi connectivity index (χ4v) is 2.20. The third-order valence-corrected chi connectivity index (χ3v) is 3.21. The van der Waals surface area contributed by atoms with Gasteiger partial charge in [0, 0.05) is 36.4 Å². The Labute approximate surface area is 136 Å². The van der Waals surface area contributed by atoms with Gasteiger partial charge in [0.05, 0.1) is 0 Å². The molecule has 0 heterocycles. The van der Waals surface area contributed by atoms with E-state index in [-0.39, 0.29) is 17.0 Å². The quantitative estimate of drug-likeness (QED) is 0.645. The highest BCUT2D eigenvalue weighted by atomic mass is 79.9. The standard InChI is InChI=1S/C19H17O.BrH/c1-16-12-14-19(15-13-16)20(17-8-4-2-5-9-17)18-10-6-3-7-11-18;/h2-15H,1H3;1H/q+1;/p-1. The molecule has 0 radical (unpaired) electrons. The number of hydrogen-bond acceptors (Lipinski definition) is 0. The molecule has 3 aromatic carbocycles. The Bertz CT molecular complexity index is 623. The zero-order valence-electron chi connectivity index (χ0n) is 11.9. The highest BCUT2D eigenvalue weighted by Gasteiger charge is 2.18. The molecule has 0 saturated heterocycles. The molecule has 0 bridgehead atoms. The van der Waals surface area contributed by atoms with Crippen molar-refractivity contribution in [2.75, 3.05) is 0 Å². The molecular formula is C19H17BrO. The average Bonchev–Trinajstić information content (AvgIpc) is 2.52. The topological polar surface area (TPSA) is 2.70 Å². The zero-order valence-corrected chi connectivity index (χ0v) is 13.5. The molecule has 21 heavy (non-hydrogen) atoms. The zero-order chi connectivity index (χ0) is 13.8. The van der Waals surface area contributed by atoms with Gasteiger partial charge in [0.2, 0.25) is 0 Å². The lowest BCUT2D eigenvalue weighted by Gasteiger charge is -2.22. The summed E-state index contributed by atoms with van der Waals surface area (Å²) in [5.74, 6) is 3.26. The lowest BCUT2D eigenvalue weighted by Crippen LogP contribution is -3.00. The van der Waals surface area contributed by atoms with Crippen molar-refractivity contribution in [1.82, 2.24) is 0 Å². The van der Waals surface area contributed by atoms with Gasteiger partial charge in [0.15, 0.2) is 0 Å². The predicted molar refractivity (Wildman–Crippen MR) is 83.6 cm³/mol. The van der Waals surface area contributed by atoms with Gasteiger partial charge in [-0.25, -0.2) is 0 Å². The van der Waals surface area contributed by atoms with Crippen molar-refractivity contribution in [2.24, 2.45) is 0 Å². The van der Waals surface area contributed by atoms with Crippen molar-refractivity contribution >= 4 is 0 Å². The first-order valence-electron chi connectivity index (χ1n) is 6.76. The minimum atomic E-state index is 0. The Morgan fingerprint density at radius 2 is 0.905 bits per heavy atom. The Balaban J connectivity index is 0.00000161. The first-order chi connectivity index (χ1) is 9.84. The predicted octanol–water partition coefficient (Wildman–Crippen LogP) is 2.74. The first kappa shape index (κ1) is 15.3. The van der Waals surface area contributed by atoms with Crippen LogP contribution in [0.3, 0.4) is 0 Å². The van der Waals surface area contributed by atoms with Crippen molar-refractivity contribution in [3.63, 3.8) is 0 Å². The molecular weight excluding hydrogens is 324 g/mol. The van der Waals surface area contributed by atoms with Crippen LogP contribution in [0.15, 0.2) is 84.9 Å². The summed E-state index contributed by atoms with van der Waals surface area (Å²) < 4.78 is 3.24. The van der Waals surface area contributed by atoms with Crippen LogP contribution in [-0.2, 0) is 0 Å². The molecule has 0 aromatic heterocycles. The molecule has 3 rings (SSSR count). The lowest BCUT2D eigenvalue weighted by atomic mass is 10.2. The number of aryl methyl sites for hydroxylation is 1. The van der Waals surface area contributed by atoms with Crippen molar-refractivity contribution in [3.05, 3.63) is 90.5 Å². The second kappa shape index (κ2) is 7.09. The van der Waals surface area contributed by atoms with Gasteiger partial charge in [-0.15, -0.1) is 0 Å². The molecule has 0 atom stereocenters. The Kier molecular flexibility index (Phi) is 5.18. The smallest absolute Gasteiger partial charge is 0.267 e. The van der Waals surface area contributed by atoms with Crippen LogP contribution in [0.1, 0.15) is 5.56 Å². The maximum absolute atomic E-state index is 3.24. The van der Waals surface area contributed by atoms with Crippen molar-refractivity contribution in [1.29, 1.82) is 0 Å². The summed E-state index contributed by atoms with van der Waals surface area (Å²) in [4.78, 5) is 0. The highest BCUT2D eigenvalue weighted by molar-refractivity contribution is 5.43. The van der Waals surface area contributed by atoms with Crippen molar-refractivity contribution in [2.45, 2.75) is 6.92 Å². The van der Waals surface area contributed by atoms with E-state index in [1.165, 1.54) is 5.56 Å². The van der Waals surface area contributed by atoms with Gasteiger partial charge in [-0.1, -0.05) is 54.1 Å². The lowest BCUT2D eigenvalue weighted by molar-refractivity contribution is -0.00000460. The fourth-order valence-electron chi connectivity index (χ4n) is 2.20.